The Kier molecular flexibility index (Phi) is 4.15. The molecule has 0 saturated carbocycles. The number of alkyl halides is 3. The Morgan fingerprint density at radius 1 is 1.24 bits per heavy atom. The number of hydrazine groups is 1. The molecule has 0 radical (unpaired) electrons. The minimum Gasteiger partial charge on any atom is -0.290 e. The number of rotatable bonds is 2. The Hall–Kier alpha value is -2.12. The van der Waals surface area contributed by atoms with Gasteiger partial charge in [-0.1, -0.05) is 23.7 Å². The van der Waals surface area contributed by atoms with Crippen molar-refractivity contribution in [2.75, 3.05) is 0 Å². The summed E-state index contributed by atoms with van der Waals surface area (Å²) in [6.45, 7) is 0. The van der Waals surface area contributed by atoms with Crippen LogP contribution in [0.1, 0.15) is 15.9 Å². The molecule has 4 nitrogen and oxygen atoms in total. The summed E-state index contributed by atoms with van der Waals surface area (Å²) in [5.74, 6) is 4.52. The van der Waals surface area contributed by atoms with E-state index in [1.165, 1.54) is 24.3 Å². The molecule has 0 spiro atoms. The molecule has 0 bridgehead atoms. The Bertz CT molecular complexity index is 671. The van der Waals surface area contributed by atoms with E-state index in [0.717, 1.165) is 6.07 Å². The van der Waals surface area contributed by atoms with Crippen molar-refractivity contribution in [2.45, 2.75) is 6.18 Å². The minimum atomic E-state index is -4.50. The second-order valence-corrected chi connectivity index (χ2v) is 4.51. The standard InChI is InChI=1S/C13H9ClF3N3O/c14-10-5-9(13(15,16)17)6-19-11(10)7-1-3-8(4-2-7)12(21)20-18/h1-6H,18H2,(H,20,21). The molecule has 1 amide bonds. The lowest BCUT2D eigenvalue weighted by atomic mass is 10.1. The van der Waals surface area contributed by atoms with Crippen LogP contribution in [0.15, 0.2) is 36.5 Å². The fourth-order valence-corrected chi connectivity index (χ4v) is 1.94. The van der Waals surface area contributed by atoms with Gasteiger partial charge in [-0.15, -0.1) is 0 Å². The fraction of sp³-hybridized carbons (Fsp3) is 0.0769. The van der Waals surface area contributed by atoms with Crippen LogP contribution in [0.25, 0.3) is 11.3 Å². The first-order valence-electron chi connectivity index (χ1n) is 5.67. The highest BCUT2D eigenvalue weighted by atomic mass is 35.5. The number of hydrogen-bond acceptors (Lipinski definition) is 3. The average molecular weight is 316 g/mol. The van der Waals surface area contributed by atoms with Gasteiger partial charge >= 0.3 is 6.18 Å². The van der Waals surface area contributed by atoms with Gasteiger partial charge in [0.05, 0.1) is 16.3 Å². The minimum absolute atomic E-state index is 0.124. The maximum Gasteiger partial charge on any atom is 0.417 e. The van der Waals surface area contributed by atoms with E-state index in [4.69, 9.17) is 17.4 Å². The van der Waals surface area contributed by atoms with Crippen molar-refractivity contribution in [1.82, 2.24) is 10.4 Å². The van der Waals surface area contributed by atoms with Gasteiger partial charge in [-0.2, -0.15) is 13.2 Å². The summed E-state index contributed by atoms with van der Waals surface area (Å²) in [7, 11) is 0. The number of hydrogen-bond donors (Lipinski definition) is 2. The van der Waals surface area contributed by atoms with Crippen LogP contribution in [0.3, 0.4) is 0 Å². The van der Waals surface area contributed by atoms with Crippen LogP contribution in [0.5, 0.6) is 0 Å². The third-order valence-electron chi connectivity index (χ3n) is 2.72. The van der Waals surface area contributed by atoms with Crippen LogP contribution in [0.4, 0.5) is 13.2 Å². The summed E-state index contributed by atoms with van der Waals surface area (Å²) in [6.07, 6.45) is -3.79. The number of amides is 1. The first-order valence-corrected chi connectivity index (χ1v) is 6.05. The van der Waals surface area contributed by atoms with Gasteiger partial charge in [0, 0.05) is 17.3 Å². The van der Waals surface area contributed by atoms with Crippen LogP contribution in [0.2, 0.25) is 5.02 Å². The third-order valence-corrected chi connectivity index (χ3v) is 3.01. The molecule has 0 aliphatic heterocycles. The van der Waals surface area contributed by atoms with Crippen LogP contribution < -0.4 is 11.3 Å². The smallest absolute Gasteiger partial charge is 0.290 e. The number of benzene rings is 1. The van der Waals surface area contributed by atoms with Gasteiger partial charge in [-0.3, -0.25) is 15.2 Å². The van der Waals surface area contributed by atoms with Crippen LogP contribution in [-0.4, -0.2) is 10.9 Å². The fourth-order valence-electron chi connectivity index (χ4n) is 1.67. The molecule has 1 aromatic heterocycles. The predicted molar refractivity (Wildman–Crippen MR) is 71.3 cm³/mol. The van der Waals surface area contributed by atoms with E-state index in [1.54, 1.807) is 0 Å². The lowest BCUT2D eigenvalue weighted by Crippen LogP contribution is -2.29. The molecule has 0 unspecified atom stereocenters. The maximum atomic E-state index is 12.5. The van der Waals surface area contributed by atoms with E-state index in [-0.39, 0.29) is 10.7 Å². The largest absolute Gasteiger partial charge is 0.417 e. The zero-order valence-electron chi connectivity index (χ0n) is 10.4. The zero-order chi connectivity index (χ0) is 15.6. The van der Waals surface area contributed by atoms with E-state index >= 15 is 0 Å². The van der Waals surface area contributed by atoms with Crippen molar-refractivity contribution >= 4 is 17.5 Å². The molecule has 2 aromatic rings. The molecule has 21 heavy (non-hydrogen) atoms. The molecule has 0 aliphatic carbocycles. The second-order valence-electron chi connectivity index (χ2n) is 4.10. The molecule has 0 fully saturated rings. The molecule has 2 rings (SSSR count). The summed E-state index contributed by atoms with van der Waals surface area (Å²) in [4.78, 5) is 15.0. The van der Waals surface area contributed by atoms with E-state index in [0.29, 0.717) is 17.3 Å². The molecule has 1 aromatic carbocycles. The highest BCUT2D eigenvalue weighted by molar-refractivity contribution is 6.33. The summed E-state index contributed by atoms with van der Waals surface area (Å²) in [5, 5.41) is -0.124. The quantitative estimate of drug-likeness (QED) is 0.508. The Labute approximate surface area is 122 Å². The topological polar surface area (TPSA) is 68.0 Å². The van der Waals surface area contributed by atoms with E-state index in [1.807, 2.05) is 5.43 Å². The van der Waals surface area contributed by atoms with Gasteiger partial charge in [0.25, 0.3) is 5.91 Å². The lowest BCUT2D eigenvalue weighted by molar-refractivity contribution is -0.137. The van der Waals surface area contributed by atoms with Crippen molar-refractivity contribution in [2.24, 2.45) is 5.84 Å². The van der Waals surface area contributed by atoms with Crippen molar-refractivity contribution in [1.29, 1.82) is 0 Å². The summed E-state index contributed by atoms with van der Waals surface area (Å²) in [6, 6.07) is 6.78. The van der Waals surface area contributed by atoms with E-state index in [2.05, 4.69) is 4.98 Å². The van der Waals surface area contributed by atoms with Gasteiger partial charge in [0.15, 0.2) is 0 Å². The third kappa shape index (κ3) is 3.32. The monoisotopic (exact) mass is 315 g/mol. The van der Waals surface area contributed by atoms with Crippen LogP contribution in [0, 0.1) is 0 Å². The SMILES string of the molecule is NNC(=O)c1ccc(-c2ncc(C(F)(F)F)cc2Cl)cc1. The van der Waals surface area contributed by atoms with Crippen LogP contribution in [-0.2, 0) is 6.18 Å². The van der Waals surface area contributed by atoms with Gasteiger partial charge in [0.1, 0.15) is 0 Å². The second kappa shape index (κ2) is 5.71. The highest BCUT2D eigenvalue weighted by Crippen LogP contribution is 2.33. The number of nitrogens with zero attached hydrogens (tertiary/aromatic N) is 1. The predicted octanol–water partition coefficient (Wildman–Crippen LogP) is 3.02. The molecule has 3 N–H and O–H groups in total. The van der Waals surface area contributed by atoms with Gasteiger partial charge < -0.3 is 0 Å². The first kappa shape index (κ1) is 15.3. The van der Waals surface area contributed by atoms with Crippen molar-refractivity contribution in [3.63, 3.8) is 0 Å². The first-order chi connectivity index (χ1) is 9.82. The van der Waals surface area contributed by atoms with Crippen molar-refractivity contribution < 1.29 is 18.0 Å². The normalized spacial score (nSPS) is 11.3. The molecule has 110 valence electrons. The van der Waals surface area contributed by atoms with Gasteiger partial charge in [-0.25, -0.2) is 5.84 Å². The number of nitrogens with one attached hydrogen (secondary N) is 1. The molecule has 0 saturated heterocycles. The number of halogens is 4. The van der Waals surface area contributed by atoms with E-state index < -0.39 is 17.6 Å². The maximum absolute atomic E-state index is 12.5. The molecule has 8 heteroatoms. The number of carbonyl (C=O) groups excluding carboxylic acids is 1. The number of carbonyl (C=O) groups is 1. The Morgan fingerprint density at radius 2 is 1.86 bits per heavy atom. The van der Waals surface area contributed by atoms with E-state index in [9.17, 15) is 18.0 Å². The highest BCUT2D eigenvalue weighted by Gasteiger charge is 2.31. The van der Waals surface area contributed by atoms with Crippen molar-refractivity contribution in [3.05, 3.63) is 52.7 Å². The van der Waals surface area contributed by atoms with Gasteiger partial charge in [0.2, 0.25) is 0 Å². The Balaban J connectivity index is 2.36. The summed E-state index contributed by atoms with van der Waals surface area (Å²) >= 11 is 5.84. The number of nitrogens with two attached hydrogens (primary N) is 1. The molecule has 1 heterocycles. The Morgan fingerprint density at radius 3 is 2.33 bits per heavy atom. The summed E-state index contributed by atoms with van der Waals surface area (Å²) < 4.78 is 37.6. The van der Waals surface area contributed by atoms with Crippen LogP contribution >= 0.6 is 11.6 Å². The zero-order valence-corrected chi connectivity index (χ0v) is 11.2. The molecule has 0 aliphatic rings. The molecular weight excluding hydrogens is 307 g/mol. The lowest BCUT2D eigenvalue weighted by Gasteiger charge is -2.09. The average Bonchev–Trinajstić information content (AvgIpc) is 2.45. The number of pyridine rings is 1. The van der Waals surface area contributed by atoms with Crippen molar-refractivity contribution in [3.8, 4) is 11.3 Å². The molecule has 0 atom stereocenters. The number of aromatic nitrogens is 1. The van der Waals surface area contributed by atoms with Gasteiger partial charge in [-0.05, 0) is 18.2 Å². The summed E-state index contributed by atoms with van der Waals surface area (Å²) in [5.41, 5.74) is 2.05. The number of nitrogen functional groups attached to an aromatic ring is 1. The molecular formula is C13H9ClF3N3O.